The van der Waals surface area contributed by atoms with Gasteiger partial charge in [0, 0.05) is 13.5 Å². The Kier molecular flexibility index (Phi) is 4.82. The Bertz CT molecular complexity index is 375. The predicted molar refractivity (Wildman–Crippen MR) is 65.4 cm³/mol. The van der Waals surface area contributed by atoms with Crippen LogP contribution in [0.2, 0.25) is 0 Å². The number of rotatable bonds is 6. The highest BCUT2D eigenvalue weighted by molar-refractivity contribution is 5.89. The van der Waals surface area contributed by atoms with Crippen molar-refractivity contribution in [3.63, 3.8) is 0 Å². The van der Waals surface area contributed by atoms with Crippen LogP contribution in [-0.4, -0.2) is 18.5 Å². The zero-order valence-electron chi connectivity index (χ0n) is 10.6. The summed E-state index contributed by atoms with van der Waals surface area (Å²) < 4.78 is 18.8. The second-order valence-corrected chi connectivity index (χ2v) is 4.10. The summed E-state index contributed by atoms with van der Waals surface area (Å²) in [4.78, 5) is 12.2. The van der Waals surface area contributed by atoms with Gasteiger partial charge in [0.25, 0.3) is 0 Å². The van der Waals surface area contributed by atoms with Crippen molar-refractivity contribution in [2.45, 2.75) is 38.7 Å². The van der Waals surface area contributed by atoms with E-state index in [2.05, 4.69) is 0 Å². The highest BCUT2D eigenvalue weighted by atomic mass is 19.1. The highest BCUT2D eigenvalue weighted by Gasteiger charge is 2.34. The van der Waals surface area contributed by atoms with Crippen LogP contribution in [0.4, 0.5) is 4.39 Å². The van der Waals surface area contributed by atoms with Gasteiger partial charge in [0.1, 0.15) is 11.4 Å². The van der Waals surface area contributed by atoms with Crippen LogP contribution < -0.4 is 0 Å². The number of halogens is 1. The van der Waals surface area contributed by atoms with E-state index in [1.807, 2.05) is 13.8 Å². The summed E-state index contributed by atoms with van der Waals surface area (Å²) >= 11 is 0. The lowest BCUT2D eigenvalue weighted by atomic mass is 9.88. The van der Waals surface area contributed by atoms with Gasteiger partial charge in [0.2, 0.25) is 0 Å². The lowest BCUT2D eigenvalue weighted by Crippen LogP contribution is -2.40. The molecule has 2 nitrogen and oxygen atoms in total. The molecule has 0 atom stereocenters. The summed E-state index contributed by atoms with van der Waals surface area (Å²) in [5.41, 5.74) is -0.344. The molecule has 3 heteroatoms. The molecule has 0 radical (unpaired) electrons. The van der Waals surface area contributed by atoms with Crippen molar-refractivity contribution in [2.75, 3.05) is 7.11 Å². The Morgan fingerprint density at radius 1 is 1.29 bits per heavy atom. The van der Waals surface area contributed by atoms with Gasteiger partial charge < -0.3 is 4.74 Å². The molecule has 0 amide bonds. The second-order valence-electron chi connectivity index (χ2n) is 4.10. The number of benzene rings is 1. The lowest BCUT2D eigenvalue weighted by Gasteiger charge is -2.28. The molecule has 0 spiro atoms. The third-order valence-corrected chi connectivity index (χ3v) is 3.35. The molecule has 1 aromatic rings. The van der Waals surface area contributed by atoms with E-state index >= 15 is 0 Å². The third-order valence-electron chi connectivity index (χ3n) is 3.35. The van der Waals surface area contributed by atoms with Crippen molar-refractivity contribution in [3.05, 3.63) is 35.6 Å². The van der Waals surface area contributed by atoms with E-state index in [0.717, 1.165) is 0 Å². The average molecular weight is 238 g/mol. The molecule has 0 aliphatic rings. The van der Waals surface area contributed by atoms with Gasteiger partial charge in [-0.05, 0) is 24.5 Å². The molecule has 1 rings (SSSR count). The first-order valence-corrected chi connectivity index (χ1v) is 5.91. The Morgan fingerprint density at radius 2 is 1.88 bits per heavy atom. The highest BCUT2D eigenvalue weighted by Crippen LogP contribution is 2.23. The van der Waals surface area contributed by atoms with Crippen molar-refractivity contribution in [2.24, 2.45) is 0 Å². The van der Waals surface area contributed by atoms with E-state index in [-0.39, 0.29) is 18.0 Å². The first kappa shape index (κ1) is 13.8. The number of Topliss-reactive ketones (excluding diaryl/α,β-unsaturated/α-hetero) is 1. The fourth-order valence-electron chi connectivity index (χ4n) is 2.02. The van der Waals surface area contributed by atoms with Gasteiger partial charge in [-0.2, -0.15) is 0 Å². The minimum absolute atomic E-state index is 0.0601. The van der Waals surface area contributed by atoms with E-state index in [0.29, 0.717) is 18.4 Å². The largest absolute Gasteiger partial charge is 0.370 e. The standard InChI is InChI=1S/C14H19FO2/c1-4-14(5-2,17-3)13(16)10-11-8-6-7-9-12(11)15/h6-9H,4-5,10H2,1-3H3. The monoisotopic (exact) mass is 238 g/mol. The molecule has 17 heavy (non-hydrogen) atoms. The van der Waals surface area contributed by atoms with E-state index in [4.69, 9.17) is 4.74 Å². The van der Waals surface area contributed by atoms with Gasteiger partial charge >= 0.3 is 0 Å². The Morgan fingerprint density at radius 3 is 2.35 bits per heavy atom. The van der Waals surface area contributed by atoms with Crippen molar-refractivity contribution in [1.82, 2.24) is 0 Å². The summed E-state index contributed by atoms with van der Waals surface area (Å²) in [6.07, 6.45) is 1.29. The van der Waals surface area contributed by atoms with Crippen molar-refractivity contribution >= 4 is 5.78 Å². The van der Waals surface area contributed by atoms with Crippen molar-refractivity contribution < 1.29 is 13.9 Å². The Balaban J connectivity index is 2.88. The van der Waals surface area contributed by atoms with Crippen molar-refractivity contribution in [3.8, 4) is 0 Å². The fourth-order valence-corrected chi connectivity index (χ4v) is 2.02. The maximum atomic E-state index is 13.5. The van der Waals surface area contributed by atoms with Crippen LogP contribution in [0.5, 0.6) is 0 Å². The summed E-state index contributed by atoms with van der Waals surface area (Å²) in [5.74, 6) is -0.395. The molecule has 0 N–H and O–H groups in total. The molecule has 0 bridgehead atoms. The SMILES string of the molecule is CCC(CC)(OC)C(=O)Cc1ccccc1F. The molecule has 0 aliphatic carbocycles. The molecule has 94 valence electrons. The average Bonchev–Trinajstić information content (AvgIpc) is 2.35. The maximum Gasteiger partial charge on any atom is 0.169 e. The van der Waals surface area contributed by atoms with Gasteiger partial charge in [-0.15, -0.1) is 0 Å². The Hall–Kier alpha value is -1.22. The van der Waals surface area contributed by atoms with Crippen LogP contribution in [0, 0.1) is 5.82 Å². The molecular formula is C14H19FO2. The number of carbonyl (C=O) groups is 1. The van der Waals surface area contributed by atoms with E-state index in [1.165, 1.54) is 13.2 Å². The predicted octanol–water partition coefficient (Wildman–Crippen LogP) is 3.14. The summed E-state index contributed by atoms with van der Waals surface area (Å²) in [5, 5.41) is 0. The summed E-state index contributed by atoms with van der Waals surface area (Å²) in [6, 6.07) is 6.36. The number of ketones is 1. The smallest absolute Gasteiger partial charge is 0.169 e. The summed E-state index contributed by atoms with van der Waals surface area (Å²) in [6.45, 7) is 3.82. The maximum absolute atomic E-state index is 13.5. The van der Waals surface area contributed by atoms with Gasteiger partial charge in [-0.25, -0.2) is 4.39 Å². The van der Waals surface area contributed by atoms with Crippen LogP contribution in [-0.2, 0) is 16.0 Å². The fraction of sp³-hybridized carbons (Fsp3) is 0.500. The van der Waals surface area contributed by atoms with Crippen LogP contribution in [0.25, 0.3) is 0 Å². The first-order valence-electron chi connectivity index (χ1n) is 5.91. The first-order chi connectivity index (χ1) is 8.09. The molecule has 0 saturated heterocycles. The molecule has 0 heterocycles. The molecule has 0 saturated carbocycles. The summed E-state index contributed by atoms with van der Waals surface area (Å²) in [7, 11) is 1.53. The zero-order valence-corrected chi connectivity index (χ0v) is 10.6. The van der Waals surface area contributed by atoms with E-state index < -0.39 is 5.60 Å². The molecule has 0 aliphatic heterocycles. The molecule has 0 aromatic heterocycles. The molecule has 1 aromatic carbocycles. The van der Waals surface area contributed by atoms with Crippen LogP contribution in [0.1, 0.15) is 32.3 Å². The topological polar surface area (TPSA) is 26.3 Å². The molecule has 0 unspecified atom stereocenters. The number of hydrogen-bond donors (Lipinski definition) is 0. The third kappa shape index (κ3) is 2.91. The van der Waals surface area contributed by atoms with Gasteiger partial charge in [-0.1, -0.05) is 32.0 Å². The number of methoxy groups -OCH3 is 1. The minimum Gasteiger partial charge on any atom is -0.370 e. The number of carbonyl (C=O) groups excluding carboxylic acids is 1. The quantitative estimate of drug-likeness (QED) is 0.761. The number of ether oxygens (including phenoxy) is 1. The minimum atomic E-state index is -0.776. The van der Waals surface area contributed by atoms with Gasteiger partial charge in [0.15, 0.2) is 5.78 Å². The zero-order chi connectivity index (χ0) is 12.9. The van der Waals surface area contributed by atoms with Crippen LogP contribution in [0.3, 0.4) is 0 Å². The van der Waals surface area contributed by atoms with E-state index in [9.17, 15) is 9.18 Å². The van der Waals surface area contributed by atoms with Gasteiger partial charge in [-0.3, -0.25) is 4.79 Å². The second kappa shape index (κ2) is 5.92. The van der Waals surface area contributed by atoms with E-state index in [1.54, 1.807) is 18.2 Å². The van der Waals surface area contributed by atoms with Crippen molar-refractivity contribution in [1.29, 1.82) is 0 Å². The molecule has 0 fully saturated rings. The Labute approximate surface area is 102 Å². The van der Waals surface area contributed by atoms with Crippen LogP contribution in [0.15, 0.2) is 24.3 Å². The lowest BCUT2D eigenvalue weighted by molar-refractivity contribution is -0.141. The van der Waals surface area contributed by atoms with Gasteiger partial charge in [0.05, 0.1) is 0 Å². The normalized spacial score (nSPS) is 11.5. The molecular weight excluding hydrogens is 219 g/mol. The van der Waals surface area contributed by atoms with Crippen LogP contribution >= 0.6 is 0 Å². The number of hydrogen-bond acceptors (Lipinski definition) is 2.